The summed E-state index contributed by atoms with van der Waals surface area (Å²) in [6.07, 6.45) is 0.579. The highest BCUT2D eigenvalue weighted by atomic mass is 16.3. The first kappa shape index (κ1) is 14.5. The minimum absolute atomic E-state index is 0.0698. The molecule has 3 N–H and O–H groups in total. The molecule has 0 atom stereocenters. The number of amides is 1. The Labute approximate surface area is 108 Å². The van der Waals surface area contributed by atoms with Crippen molar-refractivity contribution in [2.45, 2.75) is 33.2 Å². The lowest BCUT2D eigenvalue weighted by Crippen LogP contribution is -2.38. The summed E-state index contributed by atoms with van der Waals surface area (Å²) in [4.78, 5) is 14.2. The molecule has 0 unspecified atom stereocenters. The molecule has 0 saturated heterocycles. The molecule has 18 heavy (non-hydrogen) atoms. The summed E-state index contributed by atoms with van der Waals surface area (Å²) in [6, 6.07) is 5.56. The first-order valence-electron chi connectivity index (χ1n) is 6.26. The highest BCUT2D eigenvalue weighted by molar-refractivity contribution is 5.99. The first-order valence-corrected chi connectivity index (χ1v) is 6.26. The van der Waals surface area contributed by atoms with Gasteiger partial charge in [0.1, 0.15) is 0 Å². The van der Waals surface area contributed by atoms with Crippen molar-refractivity contribution >= 4 is 11.6 Å². The van der Waals surface area contributed by atoms with E-state index in [1.165, 1.54) is 0 Å². The first-order chi connectivity index (χ1) is 8.49. The van der Waals surface area contributed by atoms with Crippen molar-refractivity contribution in [3.8, 4) is 0 Å². The highest BCUT2D eigenvalue weighted by Gasteiger charge is 2.20. The number of para-hydroxylation sites is 1. The number of carbonyl (C=O) groups is 1. The van der Waals surface area contributed by atoms with Gasteiger partial charge in [0.2, 0.25) is 0 Å². The lowest BCUT2D eigenvalue weighted by molar-refractivity contribution is 0.0694. The number of aliphatic hydroxyl groups excluding tert-OH is 1. The van der Waals surface area contributed by atoms with Crippen molar-refractivity contribution in [2.75, 3.05) is 18.9 Å². The van der Waals surface area contributed by atoms with Crippen LogP contribution in [0.4, 0.5) is 5.69 Å². The Bertz CT molecular complexity index is 416. The largest absolute Gasteiger partial charge is 0.398 e. The molecule has 0 aliphatic heterocycles. The van der Waals surface area contributed by atoms with E-state index in [1.807, 2.05) is 32.9 Å². The van der Waals surface area contributed by atoms with Crippen LogP contribution in [-0.2, 0) is 0 Å². The summed E-state index contributed by atoms with van der Waals surface area (Å²) in [5.74, 6) is -0.0698. The van der Waals surface area contributed by atoms with Crippen molar-refractivity contribution in [3.05, 3.63) is 29.3 Å². The number of hydrogen-bond acceptors (Lipinski definition) is 3. The molecule has 1 aromatic rings. The van der Waals surface area contributed by atoms with Gasteiger partial charge in [0, 0.05) is 24.9 Å². The zero-order valence-corrected chi connectivity index (χ0v) is 11.3. The molecule has 1 rings (SSSR count). The summed E-state index contributed by atoms with van der Waals surface area (Å²) in [5.41, 5.74) is 7.94. The van der Waals surface area contributed by atoms with Gasteiger partial charge in [-0.05, 0) is 38.8 Å². The van der Waals surface area contributed by atoms with Crippen LogP contribution in [0.25, 0.3) is 0 Å². The summed E-state index contributed by atoms with van der Waals surface area (Å²) in [7, 11) is 0. The maximum atomic E-state index is 12.4. The fourth-order valence-corrected chi connectivity index (χ4v) is 1.86. The van der Waals surface area contributed by atoms with Gasteiger partial charge in [-0.2, -0.15) is 0 Å². The second-order valence-corrected chi connectivity index (χ2v) is 4.71. The van der Waals surface area contributed by atoms with Crippen LogP contribution in [0.1, 0.15) is 36.2 Å². The van der Waals surface area contributed by atoms with E-state index in [9.17, 15) is 4.79 Å². The normalized spacial score (nSPS) is 10.7. The molecule has 0 radical (unpaired) electrons. The van der Waals surface area contributed by atoms with Gasteiger partial charge in [-0.15, -0.1) is 0 Å². The molecule has 0 aliphatic rings. The highest BCUT2D eigenvalue weighted by Crippen LogP contribution is 2.19. The lowest BCUT2D eigenvalue weighted by atomic mass is 10.1. The zero-order valence-electron chi connectivity index (χ0n) is 11.3. The standard InChI is InChI=1S/C14H22N2O2/c1-10(2)16(8-5-9-17)14(18)12-7-4-6-11(3)13(12)15/h4,6-7,10,17H,5,8-9,15H2,1-3H3. The van der Waals surface area contributed by atoms with Gasteiger partial charge in [0.05, 0.1) is 5.56 Å². The number of nitrogens with two attached hydrogens (primary N) is 1. The second kappa shape index (κ2) is 6.40. The van der Waals surface area contributed by atoms with E-state index in [2.05, 4.69) is 0 Å². The van der Waals surface area contributed by atoms with Gasteiger partial charge >= 0.3 is 0 Å². The van der Waals surface area contributed by atoms with Crippen LogP contribution < -0.4 is 5.73 Å². The number of nitrogen functional groups attached to an aromatic ring is 1. The molecular formula is C14H22N2O2. The van der Waals surface area contributed by atoms with E-state index in [1.54, 1.807) is 11.0 Å². The Morgan fingerprint density at radius 1 is 1.44 bits per heavy atom. The topological polar surface area (TPSA) is 66.6 Å². The van der Waals surface area contributed by atoms with Crippen molar-refractivity contribution in [1.82, 2.24) is 4.90 Å². The molecule has 4 nitrogen and oxygen atoms in total. The minimum Gasteiger partial charge on any atom is -0.398 e. The van der Waals surface area contributed by atoms with E-state index in [0.29, 0.717) is 24.2 Å². The molecule has 0 spiro atoms. The van der Waals surface area contributed by atoms with E-state index in [4.69, 9.17) is 10.8 Å². The summed E-state index contributed by atoms with van der Waals surface area (Å²) in [5, 5.41) is 8.89. The van der Waals surface area contributed by atoms with Gasteiger partial charge in [-0.3, -0.25) is 4.79 Å². The molecule has 1 aromatic carbocycles. The van der Waals surface area contributed by atoms with E-state index >= 15 is 0 Å². The molecule has 100 valence electrons. The monoisotopic (exact) mass is 250 g/mol. The third-order valence-electron chi connectivity index (χ3n) is 3.00. The van der Waals surface area contributed by atoms with Gasteiger partial charge < -0.3 is 15.7 Å². The average Bonchev–Trinajstić information content (AvgIpc) is 2.32. The summed E-state index contributed by atoms with van der Waals surface area (Å²) < 4.78 is 0. The van der Waals surface area contributed by atoms with Gasteiger partial charge in [-0.25, -0.2) is 0 Å². The van der Waals surface area contributed by atoms with Crippen LogP contribution in [0.3, 0.4) is 0 Å². The molecule has 0 fully saturated rings. The Balaban J connectivity index is 2.98. The SMILES string of the molecule is Cc1cccc(C(=O)N(CCCO)C(C)C)c1N. The Kier molecular flexibility index (Phi) is 5.16. The van der Waals surface area contributed by atoms with E-state index < -0.39 is 0 Å². The smallest absolute Gasteiger partial charge is 0.256 e. The van der Waals surface area contributed by atoms with Crippen molar-refractivity contribution in [3.63, 3.8) is 0 Å². The summed E-state index contributed by atoms with van der Waals surface area (Å²) in [6.45, 7) is 6.43. The van der Waals surface area contributed by atoms with E-state index in [-0.39, 0.29) is 18.6 Å². The molecule has 4 heteroatoms. The van der Waals surface area contributed by atoms with Gasteiger partial charge in [0.25, 0.3) is 5.91 Å². The number of anilines is 1. The number of rotatable bonds is 5. The Hall–Kier alpha value is -1.55. The second-order valence-electron chi connectivity index (χ2n) is 4.71. The molecule has 0 aliphatic carbocycles. The van der Waals surface area contributed by atoms with Crippen molar-refractivity contribution in [1.29, 1.82) is 0 Å². The van der Waals surface area contributed by atoms with Crippen molar-refractivity contribution < 1.29 is 9.90 Å². The van der Waals surface area contributed by atoms with Crippen LogP contribution in [0.15, 0.2) is 18.2 Å². The maximum absolute atomic E-state index is 12.4. The molecule has 0 aromatic heterocycles. The number of carbonyl (C=O) groups excluding carboxylic acids is 1. The van der Waals surface area contributed by atoms with Crippen LogP contribution in [0.2, 0.25) is 0 Å². The third kappa shape index (κ3) is 3.23. The number of hydrogen-bond donors (Lipinski definition) is 2. The van der Waals surface area contributed by atoms with Gasteiger partial charge in [0.15, 0.2) is 0 Å². The molecule has 0 heterocycles. The zero-order chi connectivity index (χ0) is 13.7. The number of aliphatic hydroxyl groups is 1. The molecule has 1 amide bonds. The molecule has 0 bridgehead atoms. The molecular weight excluding hydrogens is 228 g/mol. The predicted molar refractivity (Wildman–Crippen MR) is 73.5 cm³/mol. The van der Waals surface area contributed by atoms with Crippen LogP contribution >= 0.6 is 0 Å². The maximum Gasteiger partial charge on any atom is 0.256 e. The lowest BCUT2D eigenvalue weighted by Gasteiger charge is -2.27. The Morgan fingerprint density at radius 2 is 2.11 bits per heavy atom. The number of benzene rings is 1. The number of nitrogens with zero attached hydrogens (tertiary/aromatic N) is 1. The quantitative estimate of drug-likeness (QED) is 0.783. The van der Waals surface area contributed by atoms with Crippen LogP contribution in [-0.4, -0.2) is 35.1 Å². The molecule has 0 saturated carbocycles. The Morgan fingerprint density at radius 3 is 2.67 bits per heavy atom. The van der Waals surface area contributed by atoms with Crippen molar-refractivity contribution in [2.24, 2.45) is 0 Å². The minimum atomic E-state index is -0.0698. The fourth-order valence-electron chi connectivity index (χ4n) is 1.86. The third-order valence-corrected chi connectivity index (χ3v) is 3.00. The summed E-state index contributed by atoms with van der Waals surface area (Å²) >= 11 is 0. The number of aryl methyl sites for hydroxylation is 1. The fraction of sp³-hybridized carbons (Fsp3) is 0.500. The average molecular weight is 250 g/mol. The van der Waals surface area contributed by atoms with Gasteiger partial charge in [-0.1, -0.05) is 12.1 Å². The van der Waals surface area contributed by atoms with Crippen LogP contribution in [0.5, 0.6) is 0 Å². The predicted octanol–water partition coefficient (Wildman–Crippen LogP) is 1.81. The van der Waals surface area contributed by atoms with Crippen LogP contribution in [0, 0.1) is 6.92 Å². The van der Waals surface area contributed by atoms with E-state index in [0.717, 1.165) is 5.56 Å².